The van der Waals surface area contributed by atoms with Crippen LogP contribution in [0.2, 0.25) is 0 Å². The molecule has 0 saturated carbocycles. The zero-order chi connectivity index (χ0) is 11.4. The largest absolute Gasteiger partial charge is 0.481 e. The number of carboxylic acids is 1. The molecule has 0 fully saturated rings. The van der Waals surface area contributed by atoms with Crippen molar-refractivity contribution in [1.29, 1.82) is 0 Å². The number of likely N-dealkylation sites (N-methyl/N-ethyl adjacent to an activating group) is 1. The minimum atomic E-state index is -0.860. The average molecular weight is 225 g/mol. The third-order valence-corrected chi connectivity index (χ3v) is 1.64. The van der Waals surface area contributed by atoms with Gasteiger partial charge in [-0.05, 0) is 6.92 Å². The summed E-state index contributed by atoms with van der Waals surface area (Å²) in [5, 5.41) is 8.66. The van der Waals surface area contributed by atoms with E-state index >= 15 is 0 Å². The fourth-order valence-corrected chi connectivity index (χ4v) is 1.37. The van der Waals surface area contributed by atoms with E-state index in [1.165, 1.54) is 0 Å². The first-order valence-corrected chi connectivity index (χ1v) is 4.96. The lowest BCUT2D eigenvalue weighted by Gasteiger charge is -2.29. The van der Waals surface area contributed by atoms with Crippen molar-refractivity contribution in [2.24, 2.45) is 0 Å². The van der Waals surface area contributed by atoms with Crippen LogP contribution < -0.4 is 0 Å². The molecule has 0 rings (SSSR count). The Morgan fingerprint density at radius 3 is 2.29 bits per heavy atom. The predicted octanol–water partition coefficient (Wildman–Crippen LogP) is 1.14. The Labute approximate surface area is 90.0 Å². The molecule has 0 aromatic carbocycles. The second kappa shape index (κ2) is 5.53. The van der Waals surface area contributed by atoms with Gasteiger partial charge >= 0.3 is 5.97 Å². The van der Waals surface area contributed by atoms with Gasteiger partial charge in [-0.25, -0.2) is 0 Å². The molecule has 5 heteroatoms. The van der Waals surface area contributed by atoms with Gasteiger partial charge < -0.3 is 14.3 Å². The molecule has 14 heavy (non-hydrogen) atoms. The highest BCUT2D eigenvalue weighted by Gasteiger charge is 2.22. The van der Waals surface area contributed by atoms with Crippen LogP contribution in [0.4, 0.5) is 0 Å². The Morgan fingerprint density at radius 2 is 2.00 bits per heavy atom. The predicted molar refractivity (Wildman–Crippen MR) is 55.3 cm³/mol. The van der Waals surface area contributed by atoms with E-state index in [2.05, 4.69) is 0 Å². The summed E-state index contributed by atoms with van der Waals surface area (Å²) in [7, 11) is 5.95. The van der Waals surface area contributed by atoms with Crippen LogP contribution in [0, 0.1) is 0 Å². The topological polar surface area (TPSA) is 46.5 Å². The molecule has 0 amide bonds. The molecule has 0 aromatic heterocycles. The molecular weight excluding hydrogens is 206 g/mol. The third kappa shape index (κ3) is 8.29. The van der Waals surface area contributed by atoms with Gasteiger partial charge in [0.1, 0.15) is 18.2 Å². The number of alkyl halides is 1. The molecule has 1 N–H and O–H groups in total. The van der Waals surface area contributed by atoms with Crippen LogP contribution in [0.15, 0.2) is 0 Å². The molecular formula is C9H19ClNO3+. The first kappa shape index (κ1) is 13.7. The van der Waals surface area contributed by atoms with Crippen molar-refractivity contribution in [1.82, 2.24) is 0 Å². The maximum atomic E-state index is 10.5. The minimum Gasteiger partial charge on any atom is -0.481 e. The Hall–Kier alpha value is -0.320. The van der Waals surface area contributed by atoms with E-state index < -0.39 is 11.5 Å². The fourth-order valence-electron chi connectivity index (χ4n) is 1.23. The number of halogens is 1. The lowest BCUT2D eigenvalue weighted by Crippen LogP contribution is -2.43. The lowest BCUT2D eigenvalue weighted by atomic mass is 10.2. The number of nitrogens with zero attached hydrogens (tertiary/aromatic N) is 1. The van der Waals surface area contributed by atoms with Gasteiger partial charge in [-0.15, -0.1) is 0 Å². The number of ether oxygens (including phenoxy) is 1. The molecule has 0 spiro atoms. The number of quaternary nitrogens is 1. The number of hydrogen-bond donors (Lipinski definition) is 1. The van der Waals surface area contributed by atoms with Crippen molar-refractivity contribution in [2.75, 3.05) is 27.7 Å². The molecule has 0 radical (unpaired) electrons. The van der Waals surface area contributed by atoms with E-state index in [1.807, 2.05) is 21.1 Å². The van der Waals surface area contributed by atoms with E-state index in [9.17, 15) is 4.79 Å². The molecule has 84 valence electrons. The van der Waals surface area contributed by atoms with Gasteiger partial charge in [0.05, 0.1) is 27.6 Å². The van der Waals surface area contributed by atoms with Gasteiger partial charge in [-0.1, -0.05) is 11.6 Å². The summed E-state index contributed by atoms with van der Waals surface area (Å²) in [5.74, 6) is -0.860. The maximum absolute atomic E-state index is 10.5. The highest BCUT2D eigenvalue weighted by molar-refractivity contribution is 6.19. The van der Waals surface area contributed by atoms with Crippen LogP contribution >= 0.6 is 11.6 Å². The zero-order valence-corrected chi connectivity index (χ0v) is 9.91. The summed E-state index contributed by atoms with van der Waals surface area (Å²) in [5.41, 5.74) is -0.453. The molecule has 0 aliphatic carbocycles. The second-order valence-electron chi connectivity index (χ2n) is 4.37. The van der Waals surface area contributed by atoms with Gasteiger partial charge in [0.2, 0.25) is 0 Å². The van der Waals surface area contributed by atoms with E-state index in [0.717, 1.165) is 0 Å². The molecule has 4 nitrogen and oxygen atoms in total. The standard InChI is InChI=1S/C9H18ClNO3/c1-7(10)14-8(5-9(12)13)6-11(2,3)4/h7-8H,5-6H2,1-4H3/p+1/t7?,8-/m1/s1. The summed E-state index contributed by atoms with van der Waals surface area (Å²) in [6.45, 7) is 2.31. The summed E-state index contributed by atoms with van der Waals surface area (Å²) in [4.78, 5) is 10.5. The van der Waals surface area contributed by atoms with E-state index in [4.69, 9.17) is 21.4 Å². The summed E-state index contributed by atoms with van der Waals surface area (Å²) in [6.07, 6.45) is -0.341. The van der Waals surface area contributed by atoms with Crippen LogP contribution in [0.5, 0.6) is 0 Å². The van der Waals surface area contributed by atoms with E-state index in [1.54, 1.807) is 6.92 Å². The van der Waals surface area contributed by atoms with Crippen molar-refractivity contribution in [3.8, 4) is 0 Å². The van der Waals surface area contributed by atoms with Crippen LogP contribution in [0.1, 0.15) is 13.3 Å². The molecule has 0 bridgehead atoms. The van der Waals surface area contributed by atoms with Crippen molar-refractivity contribution in [3.63, 3.8) is 0 Å². The van der Waals surface area contributed by atoms with Crippen LogP contribution in [0.25, 0.3) is 0 Å². The SMILES string of the molecule is CC(Cl)O[C@H](CC(=O)O)C[N+](C)(C)C. The molecule has 0 heterocycles. The molecule has 0 aliphatic heterocycles. The van der Waals surface area contributed by atoms with Crippen molar-refractivity contribution < 1.29 is 19.1 Å². The van der Waals surface area contributed by atoms with Gasteiger partial charge in [0, 0.05) is 0 Å². The highest BCUT2D eigenvalue weighted by Crippen LogP contribution is 2.09. The van der Waals surface area contributed by atoms with Crippen molar-refractivity contribution >= 4 is 17.6 Å². The molecule has 2 atom stereocenters. The van der Waals surface area contributed by atoms with Crippen LogP contribution in [0.3, 0.4) is 0 Å². The Morgan fingerprint density at radius 1 is 1.50 bits per heavy atom. The lowest BCUT2D eigenvalue weighted by molar-refractivity contribution is -0.873. The number of rotatable bonds is 6. The van der Waals surface area contributed by atoms with Crippen LogP contribution in [-0.2, 0) is 9.53 Å². The normalized spacial score (nSPS) is 16.4. The van der Waals surface area contributed by atoms with Gasteiger partial charge in [0.15, 0.2) is 0 Å². The monoisotopic (exact) mass is 224 g/mol. The van der Waals surface area contributed by atoms with E-state index in [0.29, 0.717) is 11.0 Å². The molecule has 0 aliphatic rings. The Balaban J connectivity index is 4.17. The third-order valence-electron chi connectivity index (χ3n) is 1.53. The van der Waals surface area contributed by atoms with Crippen molar-refractivity contribution in [3.05, 3.63) is 0 Å². The second-order valence-corrected chi connectivity index (χ2v) is 4.99. The number of hydrogen-bond acceptors (Lipinski definition) is 2. The molecule has 0 aromatic rings. The summed E-state index contributed by atoms with van der Waals surface area (Å²) in [6, 6.07) is 0. The number of carbonyl (C=O) groups is 1. The Kier molecular flexibility index (Phi) is 5.41. The first-order chi connectivity index (χ1) is 6.20. The number of aliphatic carboxylic acids is 1. The summed E-state index contributed by atoms with van der Waals surface area (Å²) < 4.78 is 5.96. The first-order valence-electron chi connectivity index (χ1n) is 4.52. The average Bonchev–Trinajstić information content (AvgIpc) is 1.77. The zero-order valence-electron chi connectivity index (χ0n) is 9.16. The molecule has 0 saturated heterocycles. The number of carboxylic acid groups (broad SMARTS) is 1. The van der Waals surface area contributed by atoms with E-state index in [-0.39, 0.29) is 12.5 Å². The summed E-state index contributed by atoms with van der Waals surface area (Å²) >= 11 is 5.66. The van der Waals surface area contributed by atoms with Gasteiger partial charge in [0.25, 0.3) is 0 Å². The quantitative estimate of drug-likeness (QED) is 0.544. The minimum absolute atomic E-state index is 0.00736. The van der Waals surface area contributed by atoms with Gasteiger partial charge in [-0.3, -0.25) is 4.79 Å². The molecule has 1 unspecified atom stereocenters. The van der Waals surface area contributed by atoms with Crippen LogP contribution in [-0.4, -0.2) is 54.9 Å². The van der Waals surface area contributed by atoms with Crippen molar-refractivity contribution in [2.45, 2.75) is 25.0 Å². The smallest absolute Gasteiger partial charge is 0.306 e. The fraction of sp³-hybridized carbons (Fsp3) is 0.889. The maximum Gasteiger partial charge on any atom is 0.306 e. The van der Waals surface area contributed by atoms with Gasteiger partial charge in [-0.2, -0.15) is 0 Å². The highest BCUT2D eigenvalue weighted by atomic mass is 35.5. The Bertz CT molecular complexity index is 189.